The molecule has 0 fully saturated rings. The Hall–Kier alpha value is -5.57. The maximum absolute atomic E-state index is 14.1. The molecule has 3 amide bonds. The summed E-state index contributed by atoms with van der Waals surface area (Å²) in [6.45, 7) is 4.12. The van der Waals surface area contributed by atoms with Gasteiger partial charge in [-0.3, -0.25) is 14.9 Å². The van der Waals surface area contributed by atoms with Gasteiger partial charge in [-0.1, -0.05) is 42.5 Å². The second kappa shape index (κ2) is 12.3. The fraction of sp³-hybridized carbons (Fsp3) is 0.171. The maximum atomic E-state index is 14.1. The number of hydrogen-bond donors (Lipinski definition) is 4. The van der Waals surface area contributed by atoms with E-state index in [1.165, 1.54) is 6.92 Å². The zero-order valence-electron chi connectivity index (χ0n) is 24.5. The Labute approximate surface area is 255 Å². The third kappa shape index (κ3) is 6.27. The van der Waals surface area contributed by atoms with Crippen molar-refractivity contribution in [3.05, 3.63) is 108 Å². The summed E-state index contributed by atoms with van der Waals surface area (Å²) in [5.74, 6) is -0.447. The highest BCUT2D eigenvalue weighted by atomic mass is 16.5. The minimum atomic E-state index is -0.588. The second-order valence-electron chi connectivity index (χ2n) is 10.9. The highest BCUT2D eigenvalue weighted by molar-refractivity contribution is 6.10. The first-order chi connectivity index (χ1) is 21.3. The molecule has 4 aromatic carbocycles. The molecule has 0 saturated heterocycles. The van der Waals surface area contributed by atoms with Gasteiger partial charge in [0.05, 0.1) is 11.4 Å². The van der Waals surface area contributed by atoms with E-state index in [1.54, 1.807) is 29.2 Å². The van der Waals surface area contributed by atoms with Gasteiger partial charge in [-0.2, -0.15) is 0 Å². The molecular weight excluding hydrogens is 554 g/mol. The molecule has 0 saturated carbocycles. The van der Waals surface area contributed by atoms with Crippen molar-refractivity contribution >= 4 is 51.6 Å². The minimum absolute atomic E-state index is 0.127. The van der Waals surface area contributed by atoms with Crippen LogP contribution in [0.15, 0.2) is 97.2 Å². The summed E-state index contributed by atoms with van der Waals surface area (Å²) in [5, 5.41) is 10.2. The molecule has 0 aliphatic carbocycles. The van der Waals surface area contributed by atoms with Crippen molar-refractivity contribution in [3.8, 4) is 11.1 Å². The fourth-order valence-corrected chi connectivity index (χ4v) is 5.42. The molecule has 4 N–H and O–H groups in total. The highest BCUT2D eigenvalue weighted by Gasteiger charge is 2.26. The predicted molar refractivity (Wildman–Crippen MR) is 174 cm³/mol. The van der Waals surface area contributed by atoms with E-state index in [0.717, 1.165) is 39.7 Å². The Morgan fingerprint density at radius 3 is 2.59 bits per heavy atom. The van der Waals surface area contributed by atoms with Gasteiger partial charge in [0.15, 0.2) is 0 Å². The van der Waals surface area contributed by atoms with Crippen LogP contribution in [0, 0.1) is 0 Å². The number of ether oxygens (including phenoxy) is 1. The highest BCUT2D eigenvalue weighted by Crippen LogP contribution is 2.36. The molecule has 5 aromatic rings. The molecule has 0 radical (unpaired) electrons. The lowest BCUT2D eigenvalue weighted by Crippen LogP contribution is -2.32. The molecule has 0 spiro atoms. The standard InChI is InChI=1S/C35H33N5O4/c1-22-15-17-40(33-20-28(10-13-31(33)37-22)39-35(43)44-21-24-6-4-3-5-7-24)34(42)27-8-11-29(32(19-27)38-23(2)41)25-9-12-30-26(18-25)14-16-36-30/h3-14,16,18-20,22,36-37H,15,17,21H2,1-2H3,(H,38,41)(H,39,43). The zero-order chi connectivity index (χ0) is 30.6. The molecule has 1 aliphatic rings. The van der Waals surface area contributed by atoms with E-state index in [4.69, 9.17) is 4.74 Å². The topological polar surface area (TPSA) is 116 Å². The molecule has 6 rings (SSSR count). The van der Waals surface area contributed by atoms with Crippen LogP contribution in [0.1, 0.15) is 36.2 Å². The number of amides is 3. The van der Waals surface area contributed by atoms with Crippen LogP contribution in [0.4, 0.5) is 27.5 Å². The fourth-order valence-electron chi connectivity index (χ4n) is 5.42. The lowest BCUT2D eigenvalue weighted by molar-refractivity contribution is -0.114. The van der Waals surface area contributed by atoms with Crippen LogP contribution in [-0.2, 0) is 16.1 Å². The van der Waals surface area contributed by atoms with Gasteiger partial charge in [0.1, 0.15) is 6.61 Å². The Kier molecular flexibility index (Phi) is 8.01. The summed E-state index contributed by atoms with van der Waals surface area (Å²) in [5.41, 5.74) is 6.55. The van der Waals surface area contributed by atoms with Crippen LogP contribution in [-0.4, -0.2) is 35.5 Å². The van der Waals surface area contributed by atoms with Crippen molar-refractivity contribution in [2.24, 2.45) is 0 Å². The first-order valence-electron chi connectivity index (χ1n) is 14.5. The Morgan fingerprint density at radius 2 is 1.77 bits per heavy atom. The first kappa shape index (κ1) is 28.5. The summed E-state index contributed by atoms with van der Waals surface area (Å²) in [6, 6.07) is 28.4. The summed E-state index contributed by atoms with van der Waals surface area (Å²) in [6.07, 6.45) is 2.01. The van der Waals surface area contributed by atoms with Gasteiger partial charge in [-0.05, 0) is 78.4 Å². The van der Waals surface area contributed by atoms with Gasteiger partial charge in [-0.25, -0.2) is 4.79 Å². The number of benzene rings is 4. The number of anilines is 4. The molecule has 9 nitrogen and oxygen atoms in total. The van der Waals surface area contributed by atoms with Crippen molar-refractivity contribution in [3.63, 3.8) is 0 Å². The van der Waals surface area contributed by atoms with Crippen molar-refractivity contribution in [1.29, 1.82) is 0 Å². The van der Waals surface area contributed by atoms with Crippen LogP contribution in [0.3, 0.4) is 0 Å². The molecule has 1 aliphatic heterocycles. The largest absolute Gasteiger partial charge is 0.444 e. The van der Waals surface area contributed by atoms with Crippen molar-refractivity contribution in [2.45, 2.75) is 32.9 Å². The van der Waals surface area contributed by atoms with Crippen molar-refractivity contribution < 1.29 is 19.1 Å². The van der Waals surface area contributed by atoms with E-state index in [9.17, 15) is 14.4 Å². The molecule has 1 unspecified atom stereocenters. The predicted octanol–water partition coefficient (Wildman–Crippen LogP) is 7.39. The van der Waals surface area contributed by atoms with Crippen LogP contribution in [0.25, 0.3) is 22.0 Å². The smallest absolute Gasteiger partial charge is 0.411 e. The van der Waals surface area contributed by atoms with Gasteiger partial charge >= 0.3 is 6.09 Å². The molecule has 44 heavy (non-hydrogen) atoms. The van der Waals surface area contributed by atoms with Crippen molar-refractivity contribution in [1.82, 2.24) is 4.98 Å². The zero-order valence-corrected chi connectivity index (χ0v) is 24.5. The second-order valence-corrected chi connectivity index (χ2v) is 10.9. The van der Waals surface area contributed by atoms with Crippen LogP contribution < -0.4 is 20.9 Å². The van der Waals surface area contributed by atoms with Crippen LogP contribution in [0.5, 0.6) is 0 Å². The average Bonchev–Trinajstić information content (AvgIpc) is 3.42. The number of rotatable bonds is 6. The molecule has 9 heteroatoms. The van der Waals surface area contributed by atoms with Crippen LogP contribution in [0.2, 0.25) is 0 Å². The number of H-pyrrole nitrogens is 1. The number of nitrogens with one attached hydrogen (secondary N) is 4. The van der Waals surface area contributed by atoms with Gasteiger partial charge in [0.2, 0.25) is 5.91 Å². The first-order valence-corrected chi connectivity index (χ1v) is 14.5. The van der Waals surface area contributed by atoms with E-state index in [2.05, 4.69) is 27.9 Å². The molecular formula is C35H33N5O4. The van der Waals surface area contributed by atoms with Gasteiger partial charge in [-0.15, -0.1) is 0 Å². The minimum Gasteiger partial charge on any atom is -0.444 e. The number of aromatic nitrogens is 1. The molecule has 222 valence electrons. The number of carbonyl (C=O) groups excluding carboxylic acids is 3. The van der Waals surface area contributed by atoms with Gasteiger partial charge in [0, 0.05) is 53.7 Å². The van der Waals surface area contributed by atoms with E-state index < -0.39 is 6.09 Å². The summed E-state index contributed by atoms with van der Waals surface area (Å²) in [4.78, 5) is 43.8. The third-order valence-electron chi connectivity index (χ3n) is 7.62. The maximum Gasteiger partial charge on any atom is 0.411 e. The van der Waals surface area contributed by atoms with Crippen molar-refractivity contribution in [2.75, 3.05) is 27.4 Å². The summed E-state index contributed by atoms with van der Waals surface area (Å²) >= 11 is 0. The number of hydrogen-bond acceptors (Lipinski definition) is 5. The van der Waals surface area contributed by atoms with Gasteiger partial charge in [0.25, 0.3) is 5.91 Å². The number of fused-ring (bicyclic) bond motifs is 2. The normalized spacial score (nSPS) is 14.2. The van der Waals surface area contributed by atoms with E-state index in [-0.39, 0.29) is 24.5 Å². The third-order valence-corrected chi connectivity index (χ3v) is 7.62. The number of carbonyl (C=O) groups is 3. The lowest BCUT2D eigenvalue weighted by atomic mass is 9.99. The molecule has 1 aromatic heterocycles. The Bertz CT molecular complexity index is 1850. The van der Waals surface area contributed by atoms with E-state index >= 15 is 0 Å². The van der Waals surface area contributed by atoms with Gasteiger partial charge < -0.3 is 25.3 Å². The quantitative estimate of drug-likeness (QED) is 0.165. The number of aromatic amines is 1. The van der Waals surface area contributed by atoms with Crippen LogP contribution >= 0.6 is 0 Å². The SMILES string of the molecule is CC(=O)Nc1cc(C(=O)N2CCC(C)Nc3ccc(NC(=O)OCc4ccccc4)cc32)ccc1-c1ccc2[nH]ccc2c1. The van der Waals surface area contributed by atoms with E-state index in [0.29, 0.717) is 29.2 Å². The monoisotopic (exact) mass is 587 g/mol. The average molecular weight is 588 g/mol. The number of nitrogens with zero attached hydrogens (tertiary/aromatic N) is 1. The lowest BCUT2D eigenvalue weighted by Gasteiger charge is -2.24. The molecule has 1 atom stereocenters. The molecule has 0 bridgehead atoms. The Morgan fingerprint density at radius 1 is 0.932 bits per heavy atom. The van der Waals surface area contributed by atoms with E-state index in [1.807, 2.05) is 72.9 Å². The Balaban J connectivity index is 1.28. The summed E-state index contributed by atoms with van der Waals surface area (Å²) < 4.78 is 5.39. The molecule has 2 heterocycles. The summed E-state index contributed by atoms with van der Waals surface area (Å²) in [7, 11) is 0.